The highest BCUT2D eigenvalue weighted by Gasteiger charge is 2.40. The van der Waals surface area contributed by atoms with Gasteiger partial charge in [-0.05, 0) is 24.5 Å². The van der Waals surface area contributed by atoms with E-state index in [-0.39, 0.29) is 17.0 Å². The van der Waals surface area contributed by atoms with Crippen LogP contribution in [0.4, 0.5) is 4.39 Å². The molecule has 0 unspecified atom stereocenters. The first-order chi connectivity index (χ1) is 8.77. The number of ether oxygens (including phenoxy) is 2. The molecule has 1 heterocycles. The van der Waals surface area contributed by atoms with Crippen LogP contribution >= 0.6 is 0 Å². The van der Waals surface area contributed by atoms with Crippen molar-refractivity contribution in [3.63, 3.8) is 0 Å². The van der Waals surface area contributed by atoms with Gasteiger partial charge in [-0.15, -0.1) is 0 Å². The Balaban J connectivity index is 2.04. The Morgan fingerprint density at radius 1 is 1.17 bits per heavy atom. The van der Waals surface area contributed by atoms with Gasteiger partial charge in [-0.2, -0.15) is 0 Å². The van der Waals surface area contributed by atoms with E-state index in [1.54, 1.807) is 0 Å². The fourth-order valence-corrected chi connectivity index (χ4v) is 2.80. The van der Waals surface area contributed by atoms with Crippen molar-refractivity contribution in [2.45, 2.75) is 31.1 Å². The van der Waals surface area contributed by atoms with Crippen LogP contribution in [-0.4, -0.2) is 19.8 Å². The van der Waals surface area contributed by atoms with Gasteiger partial charge in [0.25, 0.3) is 0 Å². The van der Waals surface area contributed by atoms with Crippen molar-refractivity contribution in [2.24, 2.45) is 5.73 Å². The molecule has 3 nitrogen and oxygen atoms in total. The van der Waals surface area contributed by atoms with Gasteiger partial charge >= 0.3 is 0 Å². The molecule has 1 fully saturated rings. The zero-order valence-electron chi connectivity index (χ0n) is 10.4. The van der Waals surface area contributed by atoms with Gasteiger partial charge in [0.2, 0.25) is 0 Å². The summed E-state index contributed by atoms with van der Waals surface area (Å²) in [5.41, 5.74) is 6.35. The second-order valence-corrected chi connectivity index (χ2v) is 5.14. The van der Waals surface area contributed by atoms with Gasteiger partial charge < -0.3 is 15.2 Å². The smallest absolute Gasteiger partial charge is 0.197 e. The molecule has 0 aromatic heterocycles. The van der Waals surface area contributed by atoms with Gasteiger partial charge in [0.15, 0.2) is 17.3 Å². The Morgan fingerprint density at radius 3 is 2.61 bits per heavy atom. The summed E-state index contributed by atoms with van der Waals surface area (Å²) in [5, 5.41) is 0. The third-order valence-electron chi connectivity index (χ3n) is 4.13. The molecule has 4 heteroatoms. The summed E-state index contributed by atoms with van der Waals surface area (Å²) in [6, 6.07) is 3.63. The second-order valence-electron chi connectivity index (χ2n) is 5.14. The van der Waals surface area contributed by atoms with Crippen molar-refractivity contribution in [3.05, 3.63) is 23.5 Å². The van der Waals surface area contributed by atoms with E-state index in [9.17, 15) is 4.39 Å². The number of hydrogen-bond donors (Lipinski definition) is 1. The Kier molecular flexibility index (Phi) is 2.90. The molecule has 0 amide bonds. The minimum absolute atomic E-state index is 0.186. The highest BCUT2D eigenvalue weighted by Crippen LogP contribution is 2.47. The Bertz CT molecular complexity index is 452. The summed E-state index contributed by atoms with van der Waals surface area (Å²) >= 11 is 0. The van der Waals surface area contributed by atoms with E-state index in [1.807, 2.05) is 12.1 Å². The SMILES string of the molecule is NCC1(c2ccc3c(c2F)OCCCO3)CCC1. The summed E-state index contributed by atoms with van der Waals surface area (Å²) in [6.45, 7) is 1.57. The van der Waals surface area contributed by atoms with Crippen molar-refractivity contribution in [1.29, 1.82) is 0 Å². The van der Waals surface area contributed by atoms with Gasteiger partial charge in [-0.1, -0.05) is 12.5 Å². The Hall–Kier alpha value is -1.29. The van der Waals surface area contributed by atoms with Crippen molar-refractivity contribution in [3.8, 4) is 11.5 Å². The summed E-state index contributed by atoms with van der Waals surface area (Å²) in [4.78, 5) is 0. The molecule has 0 spiro atoms. The number of halogens is 1. The number of nitrogens with two attached hydrogens (primary N) is 1. The molecular weight excluding hydrogens is 233 g/mol. The molecular formula is C14H18FNO2. The van der Waals surface area contributed by atoms with Crippen LogP contribution in [0, 0.1) is 5.82 Å². The largest absolute Gasteiger partial charge is 0.489 e. The van der Waals surface area contributed by atoms with E-state index in [1.165, 1.54) is 0 Å². The van der Waals surface area contributed by atoms with Gasteiger partial charge in [0.1, 0.15) is 0 Å². The number of rotatable bonds is 2. The van der Waals surface area contributed by atoms with E-state index in [2.05, 4.69) is 0 Å². The van der Waals surface area contributed by atoms with E-state index >= 15 is 0 Å². The maximum absolute atomic E-state index is 14.6. The third kappa shape index (κ3) is 1.67. The van der Waals surface area contributed by atoms with E-state index in [0.29, 0.717) is 31.1 Å². The van der Waals surface area contributed by atoms with Crippen LogP contribution < -0.4 is 15.2 Å². The summed E-state index contributed by atoms with van der Waals surface area (Å²) in [7, 11) is 0. The first-order valence-electron chi connectivity index (χ1n) is 6.55. The number of benzene rings is 1. The van der Waals surface area contributed by atoms with Crippen LogP contribution in [0.15, 0.2) is 12.1 Å². The minimum Gasteiger partial charge on any atom is -0.489 e. The van der Waals surface area contributed by atoms with Crippen LogP contribution in [0.5, 0.6) is 11.5 Å². The molecule has 98 valence electrons. The normalized spacial score (nSPS) is 21.0. The molecule has 0 atom stereocenters. The quantitative estimate of drug-likeness (QED) is 0.877. The lowest BCUT2D eigenvalue weighted by atomic mass is 9.64. The summed E-state index contributed by atoms with van der Waals surface area (Å²) in [6.07, 6.45) is 3.82. The molecule has 2 aliphatic rings. The first kappa shape index (κ1) is 11.8. The average molecular weight is 251 g/mol. The van der Waals surface area contributed by atoms with Gasteiger partial charge in [-0.3, -0.25) is 0 Å². The van der Waals surface area contributed by atoms with Crippen molar-refractivity contribution in [2.75, 3.05) is 19.8 Å². The molecule has 1 aromatic rings. The fraction of sp³-hybridized carbons (Fsp3) is 0.571. The zero-order valence-corrected chi connectivity index (χ0v) is 10.4. The Morgan fingerprint density at radius 2 is 1.94 bits per heavy atom. The lowest BCUT2D eigenvalue weighted by Gasteiger charge is -2.41. The lowest BCUT2D eigenvalue weighted by molar-refractivity contribution is 0.238. The zero-order chi connectivity index (χ0) is 12.6. The lowest BCUT2D eigenvalue weighted by Crippen LogP contribution is -2.42. The van der Waals surface area contributed by atoms with Crippen LogP contribution in [0.2, 0.25) is 0 Å². The molecule has 1 aliphatic carbocycles. The number of hydrogen-bond acceptors (Lipinski definition) is 3. The maximum atomic E-state index is 14.6. The van der Waals surface area contributed by atoms with Crippen molar-refractivity contribution >= 4 is 0 Å². The van der Waals surface area contributed by atoms with Gasteiger partial charge in [0, 0.05) is 18.4 Å². The molecule has 2 N–H and O–H groups in total. The minimum atomic E-state index is -0.278. The van der Waals surface area contributed by atoms with Crippen LogP contribution in [0.1, 0.15) is 31.2 Å². The van der Waals surface area contributed by atoms with Crippen molar-refractivity contribution < 1.29 is 13.9 Å². The van der Waals surface area contributed by atoms with Crippen LogP contribution in [0.3, 0.4) is 0 Å². The maximum Gasteiger partial charge on any atom is 0.197 e. The summed E-state index contributed by atoms with van der Waals surface area (Å²) in [5.74, 6) is 0.504. The highest BCUT2D eigenvalue weighted by atomic mass is 19.1. The van der Waals surface area contributed by atoms with Gasteiger partial charge in [-0.25, -0.2) is 4.39 Å². The third-order valence-corrected chi connectivity index (χ3v) is 4.13. The van der Waals surface area contributed by atoms with E-state index in [4.69, 9.17) is 15.2 Å². The molecule has 0 bridgehead atoms. The van der Waals surface area contributed by atoms with E-state index < -0.39 is 0 Å². The molecule has 1 aliphatic heterocycles. The topological polar surface area (TPSA) is 44.5 Å². The molecule has 1 saturated carbocycles. The van der Waals surface area contributed by atoms with Crippen molar-refractivity contribution in [1.82, 2.24) is 0 Å². The van der Waals surface area contributed by atoms with Crippen LogP contribution in [0.25, 0.3) is 0 Å². The molecule has 1 aromatic carbocycles. The standard InChI is InChI=1S/C14H18FNO2/c15-12-10(14(9-16)5-1-6-14)3-4-11-13(12)18-8-2-7-17-11/h3-4H,1-2,5-9,16H2. The van der Waals surface area contributed by atoms with Crippen LogP contribution in [-0.2, 0) is 5.41 Å². The second kappa shape index (κ2) is 4.43. The Labute approximate surface area is 106 Å². The van der Waals surface area contributed by atoms with Gasteiger partial charge in [0.05, 0.1) is 13.2 Å². The number of fused-ring (bicyclic) bond motifs is 1. The fourth-order valence-electron chi connectivity index (χ4n) is 2.80. The average Bonchev–Trinajstić information content (AvgIpc) is 2.57. The predicted octanol–water partition coefficient (Wildman–Crippen LogP) is 2.37. The highest BCUT2D eigenvalue weighted by molar-refractivity contribution is 5.48. The molecule has 0 saturated heterocycles. The monoisotopic (exact) mass is 251 g/mol. The molecule has 3 rings (SSSR count). The molecule has 18 heavy (non-hydrogen) atoms. The summed E-state index contributed by atoms with van der Waals surface area (Å²) < 4.78 is 25.6. The molecule has 0 radical (unpaired) electrons. The predicted molar refractivity (Wildman–Crippen MR) is 66.6 cm³/mol. The van der Waals surface area contributed by atoms with E-state index in [0.717, 1.165) is 25.7 Å². The first-order valence-corrected chi connectivity index (χ1v) is 6.55.